The van der Waals surface area contributed by atoms with Crippen LogP contribution in [0.3, 0.4) is 0 Å². The molecule has 116 valence electrons. The fourth-order valence-electron chi connectivity index (χ4n) is 1.16. The van der Waals surface area contributed by atoms with E-state index in [0.717, 1.165) is 21.0 Å². The molecule has 0 saturated heterocycles. The van der Waals surface area contributed by atoms with Crippen molar-refractivity contribution in [1.82, 2.24) is 10.6 Å². The first-order valence-corrected chi connectivity index (χ1v) is 5.54. The lowest BCUT2D eigenvalue weighted by atomic mass is 9.99. The molecule has 2 N–H and O–H groups in total. The van der Waals surface area contributed by atoms with Crippen molar-refractivity contribution in [2.75, 3.05) is 7.11 Å². The van der Waals surface area contributed by atoms with E-state index in [2.05, 4.69) is 10.1 Å². The standard InChI is InChI=1S/C11H17F3N2O4/c1-9(2,16-7(18)11(12,13)14)6(17)15-10(3,4)8(19)20-5/h1-5H3,(H,15,17)(H,16,18). The lowest BCUT2D eigenvalue weighted by Gasteiger charge is -2.30. The molecule has 2 amide bonds. The maximum absolute atomic E-state index is 12.1. The van der Waals surface area contributed by atoms with Gasteiger partial charge in [-0.25, -0.2) is 4.79 Å². The fraction of sp³-hybridized carbons (Fsp3) is 0.727. The van der Waals surface area contributed by atoms with Gasteiger partial charge in [-0.15, -0.1) is 0 Å². The van der Waals surface area contributed by atoms with Crippen LogP contribution in [-0.2, 0) is 19.1 Å². The van der Waals surface area contributed by atoms with E-state index < -0.39 is 35.0 Å². The van der Waals surface area contributed by atoms with E-state index in [0.29, 0.717) is 0 Å². The minimum absolute atomic E-state index is 0.774. The number of carbonyl (C=O) groups is 3. The molecule has 6 nitrogen and oxygen atoms in total. The Bertz CT molecular complexity index is 416. The summed E-state index contributed by atoms with van der Waals surface area (Å²) >= 11 is 0. The van der Waals surface area contributed by atoms with Crippen molar-refractivity contribution in [2.45, 2.75) is 44.9 Å². The van der Waals surface area contributed by atoms with Gasteiger partial charge in [-0.3, -0.25) is 9.59 Å². The molecule has 0 saturated carbocycles. The van der Waals surface area contributed by atoms with Gasteiger partial charge in [0.05, 0.1) is 7.11 Å². The Labute approximate surface area is 114 Å². The molecular weight excluding hydrogens is 281 g/mol. The average molecular weight is 298 g/mol. The Morgan fingerprint density at radius 3 is 1.60 bits per heavy atom. The molecule has 0 unspecified atom stereocenters. The first kappa shape index (κ1) is 18.2. The van der Waals surface area contributed by atoms with Crippen molar-refractivity contribution in [3.8, 4) is 0 Å². The smallest absolute Gasteiger partial charge is 0.467 e. The van der Waals surface area contributed by atoms with E-state index in [-0.39, 0.29) is 0 Å². The average Bonchev–Trinajstić information content (AvgIpc) is 2.25. The zero-order valence-corrected chi connectivity index (χ0v) is 11.8. The maximum atomic E-state index is 12.1. The predicted molar refractivity (Wildman–Crippen MR) is 62.5 cm³/mol. The molecule has 0 aliphatic heterocycles. The minimum Gasteiger partial charge on any atom is -0.467 e. The SMILES string of the molecule is COC(=O)C(C)(C)NC(=O)C(C)(C)NC(=O)C(F)(F)F. The van der Waals surface area contributed by atoms with Crippen LogP contribution < -0.4 is 10.6 Å². The molecule has 0 aromatic carbocycles. The fourth-order valence-corrected chi connectivity index (χ4v) is 1.16. The number of alkyl halides is 3. The summed E-state index contributed by atoms with van der Waals surface area (Å²) in [4.78, 5) is 34.1. The van der Waals surface area contributed by atoms with Crippen LogP contribution in [0.25, 0.3) is 0 Å². The van der Waals surface area contributed by atoms with E-state index in [1.807, 2.05) is 0 Å². The van der Waals surface area contributed by atoms with E-state index in [1.165, 1.54) is 13.8 Å². The van der Waals surface area contributed by atoms with Crippen LogP contribution in [0.5, 0.6) is 0 Å². The van der Waals surface area contributed by atoms with E-state index in [9.17, 15) is 27.6 Å². The molecule has 0 radical (unpaired) electrons. The van der Waals surface area contributed by atoms with Gasteiger partial charge < -0.3 is 15.4 Å². The Morgan fingerprint density at radius 2 is 1.25 bits per heavy atom. The summed E-state index contributed by atoms with van der Waals surface area (Å²) in [5, 5.41) is 3.76. The van der Waals surface area contributed by atoms with Gasteiger partial charge in [0.1, 0.15) is 11.1 Å². The van der Waals surface area contributed by atoms with Gasteiger partial charge in [0.25, 0.3) is 0 Å². The molecule has 0 fully saturated rings. The molecule has 0 spiro atoms. The highest BCUT2D eigenvalue weighted by Gasteiger charge is 2.44. The highest BCUT2D eigenvalue weighted by molar-refractivity contribution is 5.95. The van der Waals surface area contributed by atoms with Gasteiger partial charge in [-0.2, -0.15) is 13.2 Å². The molecule has 0 aliphatic rings. The molecule has 0 bridgehead atoms. The number of methoxy groups -OCH3 is 1. The van der Waals surface area contributed by atoms with Crippen molar-refractivity contribution < 1.29 is 32.3 Å². The van der Waals surface area contributed by atoms with Crippen molar-refractivity contribution in [2.24, 2.45) is 0 Å². The van der Waals surface area contributed by atoms with Crippen LogP contribution in [0.2, 0.25) is 0 Å². The Balaban J connectivity index is 4.93. The third kappa shape index (κ3) is 4.71. The first-order valence-electron chi connectivity index (χ1n) is 5.54. The molecule has 20 heavy (non-hydrogen) atoms. The summed E-state index contributed by atoms with van der Waals surface area (Å²) in [6, 6.07) is 0. The molecule has 0 aromatic rings. The molecule has 0 atom stereocenters. The zero-order valence-electron chi connectivity index (χ0n) is 11.8. The van der Waals surface area contributed by atoms with Gasteiger partial charge in [-0.1, -0.05) is 0 Å². The third-order valence-electron chi connectivity index (χ3n) is 2.37. The van der Waals surface area contributed by atoms with Crippen molar-refractivity contribution in [1.29, 1.82) is 0 Å². The number of esters is 1. The van der Waals surface area contributed by atoms with Crippen molar-refractivity contribution in [3.63, 3.8) is 0 Å². The molecule has 0 aliphatic carbocycles. The summed E-state index contributed by atoms with van der Waals surface area (Å²) in [7, 11) is 1.10. The number of hydrogen-bond donors (Lipinski definition) is 2. The van der Waals surface area contributed by atoms with Crippen LogP contribution in [0.1, 0.15) is 27.7 Å². The third-order valence-corrected chi connectivity index (χ3v) is 2.37. The predicted octanol–water partition coefficient (Wildman–Crippen LogP) is 0.511. The largest absolute Gasteiger partial charge is 0.471 e. The number of halogens is 3. The molecule has 0 heterocycles. The van der Waals surface area contributed by atoms with Crippen molar-refractivity contribution in [3.05, 3.63) is 0 Å². The van der Waals surface area contributed by atoms with Crippen LogP contribution in [0.4, 0.5) is 13.2 Å². The van der Waals surface area contributed by atoms with Crippen LogP contribution in [0.15, 0.2) is 0 Å². The topological polar surface area (TPSA) is 84.5 Å². The van der Waals surface area contributed by atoms with Crippen molar-refractivity contribution >= 4 is 17.8 Å². The van der Waals surface area contributed by atoms with Gasteiger partial charge >= 0.3 is 18.1 Å². The van der Waals surface area contributed by atoms with E-state index >= 15 is 0 Å². The Hall–Kier alpha value is -1.80. The molecule has 9 heteroatoms. The van der Waals surface area contributed by atoms with E-state index in [1.54, 1.807) is 5.32 Å². The lowest BCUT2D eigenvalue weighted by molar-refractivity contribution is -0.176. The first-order chi connectivity index (χ1) is 8.74. The number of hydrogen-bond acceptors (Lipinski definition) is 4. The number of amides is 2. The maximum Gasteiger partial charge on any atom is 0.471 e. The summed E-state index contributed by atoms with van der Waals surface area (Å²) in [6.45, 7) is 4.80. The second-order valence-corrected chi connectivity index (χ2v) is 5.15. The summed E-state index contributed by atoms with van der Waals surface area (Å²) in [5.74, 6) is -3.97. The van der Waals surface area contributed by atoms with Crippen LogP contribution >= 0.6 is 0 Å². The van der Waals surface area contributed by atoms with Gasteiger partial charge in [0, 0.05) is 0 Å². The minimum atomic E-state index is -5.10. The highest BCUT2D eigenvalue weighted by atomic mass is 19.4. The van der Waals surface area contributed by atoms with Crippen LogP contribution in [-0.4, -0.2) is 42.1 Å². The lowest BCUT2D eigenvalue weighted by Crippen LogP contribution is -2.62. The molecular formula is C11H17F3N2O4. The number of rotatable bonds is 4. The monoisotopic (exact) mass is 298 g/mol. The van der Waals surface area contributed by atoms with Gasteiger partial charge in [-0.05, 0) is 27.7 Å². The Morgan fingerprint density at radius 1 is 0.850 bits per heavy atom. The zero-order chi connectivity index (χ0) is 16.4. The number of carbonyl (C=O) groups excluding carboxylic acids is 3. The summed E-state index contributed by atoms with van der Waals surface area (Å²) in [6.07, 6.45) is -5.10. The second kappa shape index (κ2) is 5.68. The Kier molecular flexibility index (Phi) is 5.17. The number of ether oxygens (including phenoxy) is 1. The normalized spacial score (nSPS) is 12.6. The van der Waals surface area contributed by atoms with Gasteiger partial charge in [0.15, 0.2) is 0 Å². The molecule has 0 rings (SSSR count). The van der Waals surface area contributed by atoms with Gasteiger partial charge in [0.2, 0.25) is 5.91 Å². The molecule has 0 aromatic heterocycles. The summed E-state index contributed by atoms with van der Waals surface area (Å²) in [5.41, 5.74) is -3.29. The summed E-state index contributed by atoms with van der Waals surface area (Å²) < 4.78 is 40.9. The van der Waals surface area contributed by atoms with Crippen LogP contribution in [0, 0.1) is 0 Å². The second-order valence-electron chi connectivity index (χ2n) is 5.15. The highest BCUT2D eigenvalue weighted by Crippen LogP contribution is 2.17. The quantitative estimate of drug-likeness (QED) is 0.741. The van der Waals surface area contributed by atoms with E-state index in [4.69, 9.17) is 0 Å². The number of nitrogens with one attached hydrogen (secondary N) is 2.